The first-order valence-corrected chi connectivity index (χ1v) is 25.3. The fraction of sp³-hybridized carbons (Fsp3) is 0.958. The number of hydrogen-bond acceptors (Lipinski definition) is 6. The molecule has 57 heavy (non-hydrogen) atoms. The van der Waals surface area contributed by atoms with Crippen LogP contribution in [0.5, 0.6) is 0 Å². The molecular formula is C48H97NO7P+. The van der Waals surface area contributed by atoms with Gasteiger partial charge in [0.1, 0.15) is 18.9 Å². The summed E-state index contributed by atoms with van der Waals surface area (Å²) in [6.45, 7) is 21.0. The highest BCUT2D eigenvalue weighted by atomic mass is 31.2. The van der Waals surface area contributed by atoms with E-state index in [2.05, 4.69) is 62.3 Å². The number of ketones is 1. The molecule has 0 saturated heterocycles. The molecule has 340 valence electrons. The Morgan fingerprint density at radius 3 is 1.39 bits per heavy atom. The molecule has 1 unspecified atom stereocenters. The molecule has 0 aliphatic carbocycles. The molecule has 0 aromatic heterocycles. The molecule has 0 bridgehead atoms. The molecule has 0 aromatic rings. The van der Waals surface area contributed by atoms with E-state index in [1.165, 1.54) is 96.3 Å². The largest absolute Gasteiger partial charge is 0.472 e. The number of carbonyl (C=O) groups is 2. The number of ether oxygens (including phenoxy) is 1. The van der Waals surface area contributed by atoms with E-state index in [1.54, 1.807) is 0 Å². The van der Waals surface area contributed by atoms with Crippen LogP contribution < -0.4 is 0 Å². The number of rotatable bonds is 39. The van der Waals surface area contributed by atoms with Crippen molar-refractivity contribution in [1.82, 2.24) is 0 Å². The Hall–Kier alpha value is -0.790. The minimum Gasteiger partial charge on any atom is -0.465 e. The first-order valence-electron chi connectivity index (χ1n) is 23.8. The Morgan fingerprint density at radius 1 is 0.509 bits per heavy atom. The number of esters is 1. The SMILES string of the molecule is CC(C)CCC[C@H](C)CCCCCCC[C@H](C)CC(=O)OC[C@H](COP(=O)(O)OCC[N+](C)(C)C)CC(=O)C[C@H](C)CCC[C@H](C)CCC[C@H](C)CCCC(C)C. The van der Waals surface area contributed by atoms with Gasteiger partial charge in [0, 0.05) is 25.2 Å². The molecule has 0 amide bonds. The van der Waals surface area contributed by atoms with Gasteiger partial charge in [-0.3, -0.25) is 18.6 Å². The third kappa shape index (κ3) is 37.9. The number of hydrogen-bond donors (Lipinski definition) is 1. The van der Waals surface area contributed by atoms with E-state index in [0.717, 1.165) is 49.4 Å². The quantitative estimate of drug-likeness (QED) is 0.0285. The van der Waals surface area contributed by atoms with E-state index in [9.17, 15) is 19.0 Å². The number of likely N-dealkylation sites (N-methyl/N-ethyl adjacent to an activating group) is 1. The Bertz CT molecular complexity index is 1040. The van der Waals surface area contributed by atoms with Gasteiger partial charge in [0.15, 0.2) is 0 Å². The summed E-state index contributed by atoms with van der Waals surface area (Å²) in [4.78, 5) is 36.5. The van der Waals surface area contributed by atoms with E-state index in [4.69, 9.17) is 13.8 Å². The highest BCUT2D eigenvalue weighted by Crippen LogP contribution is 2.43. The molecule has 1 N–H and O–H groups in total. The van der Waals surface area contributed by atoms with Gasteiger partial charge >= 0.3 is 13.8 Å². The van der Waals surface area contributed by atoms with Gasteiger partial charge in [-0.2, -0.15) is 0 Å². The number of Topliss-reactive ketones (excluding diaryl/α,β-unsaturated/α-hetero) is 1. The normalized spacial score (nSPS) is 16.6. The summed E-state index contributed by atoms with van der Waals surface area (Å²) in [5.41, 5.74) is 0. The predicted octanol–water partition coefficient (Wildman–Crippen LogP) is 13.6. The summed E-state index contributed by atoms with van der Waals surface area (Å²) in [7, 11) is 1.60. The van der Waals surface area contributed by atoms with Crippen LogP contribution in [0.1, 0.15) is 204 Å². The third-order valence-corrected chi connectivity index (χ3v) is 12.7. The average molecular weight is 831 g/mol. The smallest absolute Gasteiger partial charge is 0.465 e. The Morgan fingerprint density at radius 2 is 0.912 bits per heavy atom. The highest BCUT2D eigenvalue weighted by molar-refractivity contribution is 7.47. The Balaban J connectivity index is 4.74. The molecule has 7 atom stereocenters. The fourth-order valence-corrected chi connectivity index (χ4v) is 8.50. The number of quaternary nitrogens is 1. The molecule has 0 spiro atoms. The number of carbonyl (C=O) groups excluding carboxylic acids is 2. The van der Waals surface area contributed by atoms with Crippen LogP contribution in [0.4, 0.5) is 0 Å². The molecule has 0 radical (unpaired) electrons. The second kappa shape index (κ2) is 32.9. The lowest BCUT2D eigenvalue weighted by Gasteiger charge is -2.24. The van der Waals surface area contributed by atoms with Crippen molar-refractivity contribution in [2.45, 2.75) is 204 Å². The topological polar surface area (TPSA) is 99.1 Å². The standard InChI is InChI=1S/C48H96NO7P/c1-39(2)22-18-26-41(5)24-16-14-13-15-17-25-45(9)35-48(51)54-37-46(38-56-57(52,53)55-33-32-49(10,11)12)36-47(50)34-44(8)31-21-30-43(7)29-20-28-42(6)27-19-23-40(3)4/h39-46H,13-38H2,1-12H3/p+1/t41-,42-,43-,44-,45+,46-/m1/s1. The lowest BCUT2D eigenvalue weighted by Crippen LogP contribution is -2.37. The minimum absolute atomic E-state index is 0.0195. The number of phosphoric acid groups is 1. The Labute approximate surface area is 354 Å². The van der Waals surface area contributed by atoms with E-state index in [0.29, 0.717) is 29.8 Å². The third-order valence-electron chi connectivity index (χ3n) is 11.7. The van der Waals surface area contributed by atoms with Gasteiger partial charge < -0.3 is 14.1 Å². The lowest BCUT2D eigenvalue weighted by molar-refractivity contribution is -0.870. The second-order valence-electron chi connectivity index (χ2n) is 20.7. The van der Waals surface area contributed by atoms with Crippen LogP contribution in [0.2, 0.25) is 0 Å². The predicted molar refractivity (Wildman–Crippen MR) is 241 cm³/mol. The van der Waals surface area contributed by atoms with Crippen LogP contribution >= 0.6 is 7.82 Å². The van der Waals surface area contributed by atoms with E-state index < -0.39 is 13.7 Å². The number of phosphoric ester groups is 1. The second-order valence-corrected chi connectivity index (χ2v) is 22.1. The molecule has 0 heterocycles. The number of unbranched alkanes of at least 4 members (excludes halogenated alkanes) is 4. The van der Waals surface area contributed by atoms with Gasteiger partial charge in [-0.1, -0.05) is 184 Å². The van der Waals surface area contributed by atoms with Gasteiger partial charge in [0.25, 0.3) is 0 Å². The molecule has 0 aliphatic rings. The molecule has 0 aromatic carbocycles. The van der Waals surface area contributed by atoms with Gasteiger partial charge in [-0.15, -0.1) is 0 Å². The maximum Gasteiger partial charge on any atom is 0.472 e. The van der Waals surface area contributed by atoms with Gasteiger partial charge in [-0.25, -0.2) is 4.57 Å². The monoisotopic (exact) mass is 831 g/mol. The molecule has 0 fully saturated rings. The van der Waals surface area contributed by atoms with Crippen LogP contribution in [0.15, 0.2) is 0 Å². The zero-order valence-corrected chi connectivity index (χ0v) is 40.7. The van der Waals surface area contributed by atoms with Gasteiger partial charge in [-0.05, 0) is 41.4 Å². The average Bonchev–Trinajstić information content (AvgIpc) is 3.08. The fourth-order valence-electron chi connectivity index (χ4n) is 7.71. The number of nitrogens with zero attached hydrogens (tertiary/aromatic N) is 1. The van der Waals surface area contributed by atoms with Crippen LogP contribution in [0, 0.1) is 47.3 Å². The van der Waals surface area contributed by atoms with Gasteiger partial charge in [0.05, 0.1) is 34.4 Å². The van der Waals surface area contributed by atoms with Crippen molar-refractivity contribution in [2.75, 3.05) is 47.5 Å². The first-order chi connectivity index (χ1) is 26.7. The maximum atomic E-state index is 13.3. The summed E-state index contributed by atoms with van der Waals surface area (Å²) in [6.07, 6.45) is 24.6. The molecule has 0 aliphatic heterocycles. The maximum absolute atomic E-state index is 13.3. The summed E-state index contributed by atoms with van der Waals surface area (Å²) in [5, 5.41) is 0. The van der Waals surface area contributed by atoms with Crippen molar-refractivity contribution in [2.24, 2.45) is 47.3 Å². The van der Waals surface area contributed by atoms with Gasteiger partial charge in [0.2, 0.25) is 0 Å². The lowest BCUT2D eigenvalue weighted by atomic mass is 9.89. The van der Waals surface area contributed by atoms with Crippen LogP contribution in [-0.4, -0.2) is 68.6 Å². The van der Waals surface area contributed by atoms with Crippen LogP contribution in [-0.2, 0) is 27.9 Å². The Kier molecular flexibility index (Phi) is 32.5. The van der Waals surface area contributed by atoms with E-state index in [-0.39, 0.29) is 49.8 Å². The molecule has 0 saturated carbocycles. The van der Waals surface area contributed by atoms with Crippen molar-refractivity contribution < 1.29 is 37.3 Å². The van der Waals surface area contributed by atoms with Crippen molar-refractivity contribution in [1.29, 1.82) is 0 Å². The zero-order chi connectivity index (χ0) is 43.3. The molecule has 0 rings (SSSR count). The summed E-state index contributed by atoms with van der Waals surface area (Å²) in [5.74, 6) is 3.66. The minimum atomic E-state index is -4.32. The van der Waals surface area contributed by atoms with E-state index in [1.807, 2.05) is 21.1 Å². The zero-order valence-electron chi connectivity index (χ0n) is 39.8. The summed E-state index contributed by atoms with van der Waals surface area (Å²) >= 11 is 0. The van der Waals surface area contributed by atoms with Crippen LogP contribution in [0.3, 0.4) is 0 Å². The van der Waals surface area contributed by atoms with Crippen molar-refractivity contribution in [3.63, 3.8) is 0 Å². The van der Waals surface area contributed by atoms with Crippen molar-refractivity contribution in [3.05, 3.63) is 0 Å². The molecule has 9 heteroatoms. The van der Waals surface area contributed by atoms with Crippen LogP contribution in [0.25, 0.3) is 0 Å². The summed E-state index contributed by atoms with van der Waals surface area (Å²) in [6, 6.07) is 0. The highest BCUT2D eigenvalue weighted by Gasteiger charge is 2.27. The molecular weight excluding hydrogens is 734 g/mol. The first kappa shape index (κ1) is 56.2. The van der Waals surface area contributed by atoms with E-state index >= 15 is 0 Å². The molecule has 8 nitrogen and oxygen atoms in total. The van der Waals surface area contributed by atoms with Crippen molar-refractivity contribution >= 4 is 19.6 Å². The summed E-state index contributed by atoms with van der Waals surface area (Å²) < 4.78 is 29.5. The van der Waals surface area contributed by atoms with Crippen molar-refractivity contribution in [3.8, 4) is 0 Å².